The number of nitrogens with zero attached hydrogens (tertiary/aromatic N) is 4. The average molecular weight is 665 g/mol. The van der Waals surface area contributed by atoms with Crippen LogP contribution in [0.25, 0.3) is 105 Å². The Bertz CT molecular complexity index is 3190. The van der Waals surface area contributed by atoms with Crippen LogP contribution in [0.15, 0.2) is 174 Å². The lowest BCUT2D eigenvalue weighted by atomic mass is 10.0. The quantitative estimate of drug-likeness (QED) is 0.188. The van der Waals surface area contributed by atoms with E-state index in [9.17, 15) is 0 Å². The third-order valence-corrected chi connectivity index (χ3v) is 10.2. The van der Waals surface area contributed by atoms with Gasteiger partial charge in [0.1, 0.15) is 11.2 Å². The number of fused-ring (bicyclic) bond motifs is 8. The first-order valence-corrected chi connectivity index (χ1v) is 17.4. The summed E-state index contributed by atoms with van der Waals surface area (Å²) in [4.78, 5) is 15.3. The molecular weight excluding hydrogens is 637 g/mol. The predicted octanol–water partition coefficient (Wildman–Crippen LogP) is 12.2. The van der Waals surface area contributed by atoms with E-state index in [1.807, 2.05) is 42.5 Å². The first-order valence-electron chi connectivity index (χ1n) is 17.4. The molecule has 0 fully saturated rings. The van der Waals surface area contributed by atoms with E-state index >= 15 is 0 Å². The van der Waals surface area contributed by atoms with Crippen LogP contribution >= 0.6 is 0 Å². The molecule has 0 atom stereocenters. The van der Waals surface area contributed by atoms with E-state index in [4.69, 9.17) is 19.4 Å². The Morgan fingerprint density at radius 1 is 0.346 bits per heavy atom. The minimum Gasteiger partial charge on any atom is -0.456 e. The Morgan fingerprint density at radius 3 is 1.69 bits per heavy atom. The van der Waals surface area contributed by atoms with Crippen LogP contribution in [0.1, 0.15) is 0 Å². The SMILES string of the molecule is c1ccc(-c2nc(-c3cccc(-n4c5ccccc5c5cc6ccccc6cc54)c3)nc(-c3ccc4oc5cc6ccccc6cc5c4c3)n2)cc1. The van der Waals surface area contributed by atoms with Crippen LogP contribution in [-0.2, 0) is 0 Å². The minimum atomic E-state index is 0.606. The molecule has 0 saturated heterocycles. The average Bonchev–Trinajstić information content (AvgIpc) is 3.73. The van der Waals surface area contributed by atoms with Crippen LogP contribution in [0.5, 0.6) is 0 Å². The molecule has 3 heterocycles. The molecule has 8 aromatic carbocycles. The maximum atomic E-state index is 6.32. The van der Waals surface area contributed by atoms with Gasteiger partial charge in [0.15, 0.2) is 17.5 Å². The topological polar surface area (TPSA) is 56.7 Å². The van der Waals surface area contributed by atoms with Crippen LogP contribution in [0, 0.1) is 0 Å². The van der Waals surface area contributed by atoms with Gasteiger partial charge in [0.05, 0.1) is 11.0 Å². The van der Waals surface area contributed by atoms with Crippen molar-refractivity contribution in [2.24, 2.45) is 0 Å². The summed E-state index contributed by atoms with van der Waals surface area (Å²) < 4.78 is 8.66. The van der Waals surface area contributed by atoms with Crippen molar-refractivity contribution in [1.29, 1.82) is 0 Å². The highest BCUT2D eigenvalue weighted by Crippen LogP contribution is 2.37. The minimum absolute atomic E-state index is 0.606. The Labute approximate surface area is 298 Å². The molecule has 0 aliphatic rings. The summed E-state index contributed by atoms with van der Waals surface area (Å²) in [5, 5.41) is 9.31. The summed E-state index contributed by atoms with van der Waals surface area (Å²) in [6.45, 7) is 0. The molecule has 52 heavy (non-hydrogen) atoms. The van der Waals surface area contributed by atoms with Crippen LogP contribution in [-0.4, -0.2) is 19.5 Å². The molecule has 0 N–H and O–H groups in total. The summed E-state index contributed by atoms with van der Waals surface area (Å²) in [7, 11) is 0. The molecule has 0 unspecified atom stereocenters. The first-order chi connectivity index (χ1) is 25.7. The highest BCUT2D eigenvalue weighted by molar-refractivity contribution is 6.14. The van der Waals surface area contributed by atoms with E-state index in [1.165, 1.54) is 26.9 Å². The van der Waals surface area contributed by atoms with E-state index in [0.29, 0.717) is 17.5 Å². The fourth-order valence-electron chi connectivity index (χ4n) is 7.67. The van der Waals surface area contributed by atoms with Crippen molar-refractivity contribution in [2.45, 2.75) is 0 Å². The van der Waals surface area contributed by atoms with E-state index in [1.54, 1.807) is 0 Å². The van der Waals surface area contributed by atoms with Crippen molar-refractivity contribution in [2.75, 3.05) is 0 Å². The fraction of sp³-hybridized carbons (Fsp3) is 0. The summed E-state index contributed by atoms with van der Waals surface area (Å²) in [5.41, 5.74) is 7.78. The van der Waals surface area contributed by atoms with Gasteiger partial charge in [-0.1, -0.05) is 109 Å². The molecule has 0 aliphatic carbocycles. The van der Waals surface area contributed by atoms with Crippen molar-refractivity contribution in [3.8, 4) is 39.9 Å². The molecule has 0 saturated carbocycles. The largest absolute Gasteiger partial charge is 0.456 e. The summed E-state index contributed by atoms with van der Waals surface area (Å²) in [5.74, 6) is 1.84. The maximum absolute atomic E-state index is 6.32. The van der Waals surface area contributed by atoms with Gasteiger partial charge in [0.25, 0.3) is 0 Å². The molecule has 0 aliphatic heterocycles. The van der Waals surface area contributed by atoms with Gasteiger partial charge in [0, 0.05) is 43.9 Å². The van der Waals surface area contributed by atoms with E-state index < -0.39 is 0 Å². The van der Waals surface area contributed by atoms with Crippen LogP contribution in [0.4, 0.5) is 0 Å². The second kappa shape index (κ2) is 11.2. The number of furan rings is 1. The molecule has 5 heteroatoms. The highest BCUT2D eigenvalue weighted by Gasteiger charge is 2.17. The molecule has 0 bridgehead atoms. The maximum Gasteiger partial charge on any atom is 0.164 e. The van der Waals surface area contributed by atoms with Gasteiger partial charge in [-0.15, -0.1) is 0 Å². The van der Waals surface area contributed by atoms with Gasteiger partial charge in [0.2, 0.25) is 0 Å². The lowest BCUT2D eigenvalue weighted by Crippen LogP contribution is -2.01. The van der Waals surface area contributed by atoms with E-state index in [-0.39, 0.29) is 0 Å². The van der Waals surface area contributed by atoms with Crippen LogP contribution in [0.2, 0.25) is 0 Å². The molecule has 0 spiro atoms. The van der Waals surface area contributed by atoms with Crippen molar-refractivity contribution in [3.05, 3.63) is 170 Å². The smallest absolute Gasteiger partial charge is 0.164 e. The highest BCUT2D eigenvalue weighted by atomic mass is 16.3. The molecule has 3 aromatic heterocycles. The fourth-order valence-corrected chi connectivity index (χ4v) is 7.67. The molecule has 11 rings (SSSR count). The zero-order valence-corrected chi connectivity index (χ0v) is 27.9. The number of para-hydroxylation sites is 1. The van der Waals surface area contributed by atoms with Gasteiger partial charge >= 0.3 is 0 Å². The van der Waals surface area contributed by atoms with Crippen molar-refractivity contribution in [1.82, 2.24) is 19.5 Å². The van der Waals surface area contributed by atoms with Gasteiger partial charge < -0.3 is 8.98 Å². The van der Waals surface area contributed by atoms with E-state index in [2.05, 4.69) is 132 Å². The lowest BCUT2D eigenvalue weighted by molar-refractivity contribution is 0.669. The number of rotatable bonds is 4. The van der Waals surface area contributed by atoms with Crippen LogP contribution in [0.3, 0.4) is 0 Å². The second-order valence-corrected chi connectivity index (χ2v) is 13.3. The zero-order chi connectivity index (χ0) is 34.2. The Hall–Kier alpha value is -7.11. The number of benzene rings is 8. The van der Waals surface area contributed by atoms with E-state index in [0.717, 1.165) is 60.7 Å². The normalized spacial score (nSPS) is 11.8. The van der Waals surface area contributed by atoms with Gasteiger partial charge in [-0.25, -0.2) is 15.0 Å². The summed E-state index contributed by atoms with van der Waals surface area (Å²) in [6.07, 6.45) is 0. The molecule has 11 aromatic rings. The van der Waals surface area contributed by atoms with Crippen molar-refractivity contribution in [3.63, 3.8) is 0 Å². The summed E-state index contributed by atoms with van der Waals surface area (Å²) in [6, 6.07) is 59.3. The number of hydrogen-bond donors (Lipinski definition) is 0. The lowest BCUT2D eigenvalue weighted by Gasteiger charge is -2.12. The predicted molar refractivity (Wildman–Crippen MR) is 213 cm³/mol. The monoisotopic (exact) mass is 664 g/mol. The van der Waals surface area contributed by atoms with Gasteiger partial charge in [-0.2, -0.15) is 0 Å². The van der Waals surface area contributed by atoms with Crippen molar-refractivity contribution >= 4 is 65.3 Å². The second-order valence-electron chi connectivity index (χ2n) is 13.3. The third-order valence-electron chi connectivity index (χ3n) is 10.2. The standard InChI is InChI=1S/C47H28N4O/c1-2-11-29(12-3-1)45-48-46(50-47(49-45)35-21-22-43-39(26-35)40-25-31-14-5-7-16-33(31)28-44(40)52-43)34-17-10-18-36(23-34)51-41-20-9-8-19-37(41)38-24-30-13-4-6-15-32(30)27-42(38)51/h1-28H. The van der Waals surface area contributed by atoms with Crippen LogP contribution < -0.4 is 0 Å². The Kier molecular flexibility index (Phi) is 6.18. The van der Waals surface area contributed by atoms with Gasteiger partial charge in [-0.05, 0) is 82.2 Å². The summed E-state index contributed by atoms with van der Waals surface area (Å²) >= 11 is 0. The Morgan fingerprint density at radius 2 is 0.923 bits per heavy atom. The molecule has 0 radical (unpaired) electrons. The van der Waals surface area contributed by atoms with Crippen molar-refractivity contribution < 1.29 is 4.42 Å². The third kappa shape index (κ3) is 4.53. The Balaban J connectivity index is 1.10. The zero-order valence-electron chi connectivity index (χ0n) is 27.9. The molecule has 5 nitrogen and oxygen atoms in total. The first kappa shape index (κ1) is 28.7. The number of aromatic nitrogens is 4. The number of hydrogen-bond acceptors (Lipinski definition) is 4. The molecule has 242 valence electrons. The van der Waals surface area contributed by atoms with Gasteiger partial charge in [-0.3, -0.25) is 0 Å². The molecular formula is C47H28N4O. The molecule has 0 amide bonds.